The van der Waals surface area contributed by atoms with Crippen LogP contribution >= 0.6 is 0 Å². The van der Waals surface area contributed by atoms with E-state index in [1.165, 1.54) is 0 Å². The van der Waals surface area contributed by atoms with Crippen molar-refractivity contribution in [3.8, 4) is 0 Å². The topological polar surface area (TPSA) is 33.5 Å². The maximum absolute atomic E-state index is 13.4. The van der Waals surface area contributed by atoms with Crippen molar-refractivity contribution < 1.29 is 9.21 Å². The molecule has 3 heteroatoms. The molecule has 1 aromatic heterocycles. The Hall–Kier alpha value is -3.33. The highest BCUT2D eigenvalue weighted by molar-refractivity contribution is 5.96. The lowest BCUT2D eigenvalue weighted by Gasteiger charge is -2.29. The van der Waals surface area contributed by atoms with E-state index in [9.17, 15) is 4.79 Å². The lowest BCUT2D eigenvalue weighted by atomic mass is 10.1. The largest absolute Gasteiger partial charge is 0.451 e. The van der Waals surface area contributed by atoms with Crippen molar-refractivity contribution in [3.63, 3.8) is 0 Å². The summed E-state index contributed by atoms with van der Waals surface area (Å²) in [5.41, 5.74) is 2.91. The molecule has 0 aliphatic carbocycles. The highest BCUT2D eigenvalue weighted by atomic mass is 16.3. The average molecular weight is 355 g/mol. The van der Waals surface area contributed by atoms with Crippen molar-refractivity contribution >= 4 is 16.9 Å². The summed E-state index contributed by atoms with van der Waals surface area (Å²) in [6, 6.07) is 29.6. The maximum Gasteiger partial charge on any atom is 0.290 e. The van der Waals surface area contributed by atoms with Gasteiger partial charge in [0.25, 0.3) is 5.91 Å². The molecule has 0 saturated carbocycles. The van der Waals surface area contributed by atoms with Gasteiger partial charge in [0.2, 0.25) is 0 Å². The van der Waals surface area contributed by atoms with Crippen LogP contribution in [0, 0.1) is 0 Å². The quantitative estimate of drug-likeness (QED) is 0.451. The summed E-state index contributed by atoms with van der Waals surface area (Å²) in [5, 5.41) is 0.938. The van der Waals surface area contributed by atoms with Gasteiger partial charge in [-0.3, -0.25) is 4.79 Å². The molecule has 0 bridgehead atoms. The summed E-state index contributed by atoms with van der Waals surface area (Å²) in [7, 11) is 0. The molecule has 4 aromatic rings. The molecule has 4 rings (SSSR count). The molecule has 1 atom stereocenters. The van der Waals surface area contributed by atoms with E-state index in [0.29, 0.717) is 12.3 Å². The second kappa shape index (κ2) is 7.50. The van der Waals surface area contributed by atoms with E-state index in [4.69, 9.17) is 4.42 Å². The second-order valence-corrected chi connectivity index (χ2v) is 6.65. The van der Waals surface area contributed by atoms with Crippen molar-refractivity contribution in [2.24, 2.45) is 0 Å². The van der Waals surface area contributed by atoms with E-state index in [-0.39, 0.29) is 11.9 Å². The first-order valence-electron chi connectivity index (χ1n) is 9.11. The Labute approximate surface area is 158 Å². The Bertz CT molecular complexity index is 1000. The number of amides is 1. The maximum atomic E-state index is 13.4. The predicted octanol–water partition coefficient (Wildman–Crippen LogP) is 5.84. The number of furan rings is 1. The van der Waals surface area contributed by atoms with Gasteiger partial charge in [-0.15, -0.1) is 0 Å². The van der Waals surface area contributed by atoms with Crippen LogP contribution in [0.2, 0.25) is 0 Å². The molecule has 27 heavy (non-hydrogen) atoms. The normalized spacial score (nSPS) is 12.0. The molecule has 1 unspecified atom stereocenters. The van der Waals surface area contributed by atoms with Gasteiger partial charge in [-0.05, 0) is 30.2 Å². The molecule has 134 valence electrons. The number of rotatable bonds is 5. The number of hydrogen-bond acceptors (Lipinski definition) is 2. The molecule has 1 heterocycles. The van der Waals surface area contributed by atoms with Crippen LogP contribution in [0.4, 0.5) is 0 Å². The number of nitrogens with zero attached hydrogens (tertiary/aromatic N) is 1. The smallest absolute Gasteiger partial charge is 0.290 e. The lowest BCUT2D eigenvalue weighted by Crippen LogP contribution is -2.33. The highest BCUT2D eigenvalue weighted by Crippen LogP contribution is 2.27. The van der Waals surface area contributed by atoms with Crippen LogP contribution in [0.3, 0.4) is 0 Å². The molecular formula is C24H21NO2. The average Bonchev–Trinajstić information content (AvgIpc) is 3.17. The van der Waals surface area contributed by atoms with E-state index >= 15 is 0 Å². The van der Waals surface area contributed by atoms with Crippen LogP contribution in [-0.2, 0) is 6.54 Å². The summed E-state index contributed by atoms with van der Waals surface area (Å²) >= 11 is 0. The summed E-state index contributed by atoms with van der Waals surface area (Å²) in [6.07, 6.45) is 0. The van der Waals surface area contributed by atoms with Crippen molar-refractivity contribution in [3.05, 3.63) is 108 Å². The Morgan fingerprint density at radius 3 is 2.22 bits per heavy atom. The summed E-state index contributed by atoms with van der Waals surface area (Å²) in [6.45, 7) is 2.58. The van der Waals surface area contributed by atoms with Gasteiger partial charge < -0.3 is 9.32 Å². The monoisotopic (exact) mass is 355 g/mol. The van der Waals surface area contributed by atoms with Crippen LogP contribution < -0.4 is 0 Å². The van der Waals surface area contributed by atoms with E-state index in [2.05, 4.69) is 19.1 Å². The Morgan fingerprint density at radius 1 is 0.889 bits per heavy atom. The fourth-order valence-electron chi connectivity index (χ4n) is 3.31. The van der Waals surface area contributed by atoms with Gasteiger partial charge in [0.1, 0.15) is 5.58 Å². The third kappa shape index (κ3) is 3.63. The molecule has 0 fully saturated rings. The SMILES string of the molecule is CC(c1ccccc1)N(Cc1ccccc1)C(=O)c1cc2ccccc2o1. The molecule has 3 aromatic carbocycles. The number of para-hydroxylation sites is 1. The van der Waals surface area contributed by atoms with Gasteiger partial charge in [0.05, 0.1) is 6.04 Å². The van der Waals surface area contributed by atoms with E-state index in [1.807, 2.05) is 83.8 Å². The number of carbonyl (C=O) groups is 1. The molecule has 1 amide bonds. The molecule has 0 radical (unpaired) electrons. The minimum Gasteiger partial charge on any atom is -0.451 e. The molecule has 0 saturated heterocycles. The zero-order valence-electron chi connectivity index (χ0n) is 15.2. The van der Waals surface area contributed by atoms with Crippen molar-refractivity contribution in [2.45, 2.75) is 19.5 Å². The summed E-state index contributed by atoms with van der Waals surface area (Å²) < 4.78 is 5.84. The first-order chi connectivity index (χ1) is 13.2. The van der Waals surface area contributed by atoms with Crippen LogP contribution in [0.5, 0.6) is 0 Å². The van der Waals surface area contributed by atoms with Gasteiger partial charge >= 0.3 is 0 Å². The van der Waals surface area contributed by atoms with Gasteiger partial charge in [-0.25, -0.2) is 0 Å². The zero-order chi connectivity index (χ0) is 18.6. The molecule has 0 spiro atoms. The summed E-state index contributed by atoms with van der Waals surface area (Å²) in [4.78, 5) is 15.2. The predicted molar refractivity (Wildman–Crippen MR) is 107 cm³/mol. The van der Waals surface area contributed by atoms with Crippen LogP contribution in [0.1, 0.15) is 34.6 Å². The zero-order valence-corrected chi connectivity index (χ0v) is 15.2. The molecule has 3 nitrogen and oxygen atoms in total. The number of carbonyl (C=O) groups excluding carboxylic acids is 1. The van der Waals surface area contributed by atoms with Crippen LogP contribution in [0.15, 0.2) is 95.4 Å². The van der Waals surface area contributed by atoms with Crippen LogP contribution in [-0.4, -0.2) is 10.8 Å². The Morgan fingerprint density at radius 2 is 1.52 bits per heavy atom. The first kappa shape index (κ1) is 17.1. The fourth-order valence-corrected chi connectivity index (χ4v) is 3.31. The van der Waals surface area contributed by atoms with E-state index in [0.717, 1.165) is 22.1 Å². The third-order valence-electron chi connectivity index (χ3n) is 4.84. The highest BCUT2D eigenvalue weighted by Gasteiger charge is 2.25. The van der Waals surface area contributed by atoms with Crippen molar-refractivity contribution in [1.29, 1.82) is 0 Å². The molecule has 0 aliphatic rings. The molecule has 0 aliphatic heterocycles. The van der Waals surface area contributed by atoms with Gasteiger partial charge in [-0.1, -0.05) is 78.9 Å². The Balaban J connectivity index is 1.70. The number of hydrogen-bond donors (Lipinski definition) is 0. The lowest BCUT2D eigenvalue weighted by molar-refractivity contribution is 0.0643. The van der Waals surface area contributed by atoms with Crippen molar-refractivity contribution in [1.82, 2.24) is 4.90 Å². The van der Waals surface area contributed by atoms with Gasteiger partial charge in [0.15, 0.2) is 5.76 Å². The van der Waals surface area contributed by atoms with Crippen LogP contribution in [0.25, 0.3) is 11.0 Å². The molecular weight excluding hydrogens is 334 g/mol. The fraction of sp³-hybridized carbons (Fsp3) is 0.125. The minimum absolute atomic E-state index is 0.0767. The standard InChI is InChI=1S/C24H21NO2/c1-18(20-12-6-3-7-13-20)25(17-19-10-4-2-5-11-19)24(26)23-16-21-14-8-9-15-22(21)27-23/h2-16,18H,17H2,1H3. The van der Waals surface area contributed by atoms with E-state index in [1.54, 1.807) is 0 Å². The van der Waals surface area contributed by atoms with Crippen molar-refractivity contribution in [2.75, 3.05) is 0 Å². The third-order valence-corrected chi connectivity index (χ3v) is 4.84. The van der Waals surface area contributed by atoms with E-state index < -0.39 is 0 Å². The second-order valence-electron chi connectivity index (χ2n) is 6.65. The Kier molecular flexibility index (Phi) is 4.75. The number of benzene rings is 3. The molecule has 0 N–H and O–H groups in total. The van der Waals surface area contributed by atoms with Gasteiger partial charge in [-0.2, -0.15) is 0 Å². The number of fused-ring (bicyclic) bond motifs is 1. The van der Waals surface area contributed by atoms with Gasteiger partial charge in [0, 0.05) is 11.9 Å². The summed E-state index contributed by atoms with van der Waals surface area (Å²) in [5.74, 6) is 0.265. The minimum atomic E-state index is -0.105. The first-order valence-corrected chi connectivity index (χ1v) is 9.11.